The third-order valence-corrected chi connectivity index (χ3v) is 13.7. The summed E-state index contributed by atoms with van der Waals surface area (Å²) in [6, 6.07) is 0. The summed E-state index contributed by atoms with van der Waals surface area (Å²) in [5.41, 5.74) is 0. The molecule has 4 nitrogen and oxygen atoms in total. The molecule has 0 amide bonds. The van der Waals surface area contributed by atoms with Crippen molar-refractivity contribution in [2.75, 3.05) is 14.2 Å². The van der Waals surface area contributed by atoms with E-state index in [2.05, 4.69) is 9.47 Å². The molecule has 0 radical (unpaired) electrons. The molecule has 1 aromatic heterocycles. The first-order valence-corrected chi connectivity index (χ1v) is 12.6. The predicted octanol–water partition coefficient (Wildman–Crippen LogP) is -0.626. The first-order chi connectivity index (χ1) is 5.70. The summed E-state index contributed by atoms with van der Waals surface area (Å²) in [5, 5.41) is 0. The zero-order chi connectivity index (χ0) is 9.14. The van der Waals surface area contributed by atoms with Gasteiger partial charge in [0.1, 0.15) is 0 Å². The Hall–Kier alpha value is 0.259. The van der Waals surface area contributed by atoms with Gasteiger partial charge in [0.2, 0.25) is 0 Å². The number of methoxy groups -OCH3 is 2. The van der Waals surface area contributed by atoms with Crippen LogP contribution in [-0.2, 0) is 9.47 Å². The average molecular weight is 397 g/mol. The number of hydrogen-bond acceptors (Lipinski definition) is 4. The number of hydrogen-bond donors (Lipinski definition) is 0. The van der Waals surface area contributed by atoms with Crippen LogP contribution in [0.4, 0.5) is 0 Å². The van der Waals surface area contributed by atoms with Gasteiger partial charge in [-0.05, 0) is 0 Å². The predicted molar refractivity (Wildman–Crippen MR) is 43.0 cm³/mol. The summed E-state index contributed by atoms with van der Waals surface area (Å²) in [6.07, 6.45) is 0. The average Bonchev–Trinajstić information content (AvgIpc) is 2.02. The maximum atomic E-state index is 11.0. The van der Waals surface area contributed by atoms with Gasteiger partial charge in [0.25, 0.3) is 0 Å². The van der Waals surface area contributed by atoms with Crippen molar-refractivity contribution in [3.05, 3.63) is 7.16 Å². The van der Waals surface area contributed by atoms with Crippen molar-refractivity contribution in [3.8, 4) is 0 Å². The van der Waals surface area contributed by atoms with E-state index in [0.29, 0.717) is 7.16 Å². The van der Waals surface area contributed by atoms with Crippen LogP contribution in [0, 0.1) is 0 Å². The van der Waals surface area contributed by atoms with Crippen molar-refractivity contribution >= 4 is 44.9 Å². The van der Waals surface area contributed by atoms with E-state index in [1.807, 2.05) is 0 Å². The molecule has 1 rings (SSSR count). The van der Waals surface area contributed by atoms with Gasteiger partial charge in [-0.15, -0.1) is 0 Å². The Morgan fingerprint density at radius 2 is 1.33 bits per heavy atom. The topological polar surface area (TPSA) is 52.6 Å². The van der Waals surface area contributed by atoms with Crippen LogP contribution in [0.25, 0.3) is 0 Å². The fourth-order valence-corrected chi connectivity index (χ4v) is 10.0. The third-order valence-electron chi connectivity index (χ3n) is 1.16. The molecular formula is C6H6O4Te2. The Kier molecular flexibility index (Phi) is 3.86. The van der Waals surface area contributed by atoms with E-state index in [1.165, 1.54) is 14.2 Å². The Morgan fingerprint density at radius 1 is 1.00 bits per heavy atom. The van der Waals surface area contributed by atoms with E-state index < -0.39 is 0 Å². The molecule has 0 aliphatic rings. The van der Waals surface area contributed by atoms with E-state index in [4.69, 9.17) is 0 Å². The van der Waals surface area contributed by atoms with Gasteiger partial charge in [0.15, 0.2) is 0 Å². The third kappa shape index (κ3) is 1.95. The van der Waals surface area contributed by atoms with Gasteiger partial charge in [-0.2, -0.15) is 0 Å². The van der Waals surface area contributed by atoms with E-state index in [9.17, 15) is 9.59 Å². The van der Waals surface area contributed by atoms with E-state index >= 15 is 0 Å². The molecule has 1 heterocycles. The Bertz CT molecular complexity index is 269. The molecule has 0 N–H and O–H groups in total. The molecule has 1 aromatic rings. The quantitative estimate of drug-likeness (QED) is 0.493. The van der Waals surface area contributed by atoms with Crippen LogP contribution in [0.5, 0.6) is 0 Å². The number of carbonyl (C=O) groups is 2. The van der Waals surface area contributed by atoms with Crippen LogP contribution in [-0.4, -0.2) is 59.1 Å². The van der Waals surface area contributed by atoms with Crippen molar-refractivity contribution < 1.29 is 19.1 Å². The Balaban J connectivity index is 2.79. The van der Waals surface area contributed by atoms with Crippen LogP contribution in [0.15, 0.2) is 0 Å². The number of esters is 2. The molecule has 0 saturated heterocycles. The summed E-state index contributed by atoms with van der Waals surface area (Å²) in [4.78, 5) is 22.0. The van der Waals surface area contributed by atoms with E-state index in [1.54, 1.807) is 0 Å². The van der Waals surface area contributed by atoms with E-state index in [-0.39, 0.29) is 44.9 Å². The number of rotatable bonds is 2. The zero-order valence-corrected chi connectivity index (χ0v) is 11.1. The molecule has 0 unspecified atom stereocenters. The normalized spacial score (nSPS) is 9.50. The minimum atomic E-state index is -0.339. The van der Waals surface area contributed by atoms with Crippen LogP contribution >= 0.6 is 0 Å². The van der Waals surface area contributed by atoms with Crippen molar-refractivity contribution in [1.29, 1.82) is 0 Å². The van der Waals surface area contributed by atoms with E-state index in [0.717, 1.165) is 0 Å². The number of ether oxygens (including phenoxy) is 2. The molecule has 0 fully saturated rings. The van der Waals surface area contributed by atoms with Crippen LogP contribution in [0.1, 0.15) is 16.7 Å². The summed E-state index contributed by atoms with van der Waals surface area (Å²) < 4.78 is 10.3. The molecule has 0 saturated carbocycles. The van der Waals surface area contributed by atoms with Gasteiger partial charge in [-0.1, -0.05) is 0 Å². The van der Waals surface area contributed by atoms with Gasteiger partial charge in [0.05, 0.1) is 0 Å². The monoisotopic (exact) mass is 402 g/mol. The Labute approximate surface area is 84.8 Å². The van der Waals surface area contributed by atoms with Crippen molar-refractivity contribution in [2.24, 2.45) is 0 Å². The molecular weight excluding hydrogens is 391 g/mol. The van der Waals surface area contributed by atoms with Gasteiger partial charge in [0, 0.05) is 0 Å². The number of carbonyl (C=O) groups excluding carboxylic acids is 2. The summed E-state index contributed by atoms with van der Waals surface area (Å²) >= 11 is -0.663. The first kappa shape index (κ1) is 10.3. The zero-order valence-electron chi connectivity index (χ0n) is 6.45. The Morgan fingerprint density at radius 3 is 1.50 bits per heavy atom. The fraction of sp³-hybridized carbons (Fsp3) is 0.333. The molecule has 0 spiro atoms. The second-order valence-electron chi connectivity index (χ2n) is 1.81. The second kappa shape index (κ2) is 4.48. The van der Waals surface area contributed by atoms with Crippen molar-refractivity contribution in [1.82, 2.24) is 0 Å². The molecule has 12 heavy (non-hydrogen) atoms. The van der Waals surface area contributed by atoms with Crippen LogP contribution in [0.2, 0.25) is 0 Å². The maximum absolute atomic E-state index is 11.0. The summed E-state index contributed by atoms with van der Waals surface area (Å²) in [5.74, 6) is -0.677. The molecule has 0 bridgehead atoms. The first-order valence-electron chi connectivity index (χ1n) is 2.96. The molecule has 0 aliphatic carbocycles. The molecule has 6 heteroatoms. The second-order valence-corrected chi connectivity index (χ2v) is 11.5. The molecule has 66 valence electrons. The van der Waals surface area contributed by atoms with Gasteiger partial charge >= 0.3 is 85.4 Å². The van der Waals surface area contributed by atoms with Crippen molar-refractivity contribution in [3.63, 3.8) is 0 Å². The van der Waals surface area contributed by atoms with Crippen LogP contribution < -0.4 is 0 Å². The standard InChI is InChI=1S/C6H6O4Te2/c1-9-5(7)3-4(12-11-3)6(8)10-2/h1-2H3. The van der Waals surface area contributed by atoms with Gasteiger partial charge in [-0.25, -0.2) is 0 Å². The molecule has 0 atom stereocenters. The summed E-state index contributed by atoms with van der Waals surface area (Å²) in [7, 11) is 2.66. The SMILES string of the molecule is COC(=O)c1[te][te]c1C(=O)OC. The minimum absolute atomic E-state index is 0.332. The van der Waals surface area contributed by atoms with Gasteiger partial charge in [-0.3, -0.25) is 0 Å². The molecule has 0 aliphatic heterocycles. The molecule has 0 aromatic carbocycles. The van der Waals surface area contributed by atoms with Crippen LogP contribution in [0.3, 0.4) is 0 Å². The van der Waals surface area contributed by atoms with Gasteiger partial charge < -0.3 is 0 Å². The summed E-state index contributed by atoms with van der Waals surface area (Å²) in [6.45, 7) is 0. The van der Waals surface area contributed by atoms with Crippen molar-refractivity contribution in [2.45, 2.75) is 0 Å². The fourth-order valence-electron chi connectivity index (χ4n) is 0.564.